The third-order valence-electron chi connectivity index (χ3n) is 3.06. The maximum Gasteiger partial charge on any atom is 0.246 e. The molecule has 0 aromatic rings. The first-order valence-electron chi connectivity index (χ1n) is 6.17. The lowest BCUT2D eigenvalue weighted by molar-refractivity contribution is -0.129. The topological polar surface area (TPSA) is 50.4 Å². The highest BCUT2D eigenvalue weighted by molar-refractivity contribution is 5.77. The van der Waals surface area contributed by atoms with Crippen molar-refractivity contribution in [2.45, 2.75) is 51.7 Å². The first-order chi connectivity index (χ1) is 7.53. The van der Waals surface area contributed by atoms with Gasteiger partial charge >= 0.3 is 0 Å². The Labute approximate surface area is 98.1 Å². The summed E-state index contributed by atoms with van der Waals surface area (Å²) in [6, 6.07) is 0. The van der Waals surface area contributed by atoms with Crippen LogP contribution in [0.15, 0.2) is 0 Å². The zero-order valence-corrected chi connectivity index (χ0v) is 10.6. The molecule has 1 fully saturated rings. The van der Waals surface area contributed by atoms with Gasteiger partial charge in [0.05, 0.1) is 6.10 Å². The molecule has 1 aliphatic rings. The molecule has 1 unspecified atom stereocenters. The van der Waals surface area contributed by atoms with Crippen molar-refractivity contribution in [2.24, 2.45) is 0 Å². The second-order valence-electron chi connectivity index (χ2n) is 5.06. The highest BCUT2D eigenvalue weighted by atomic mass is 16.5. The number of amides is 1. The van der Waals surface area contributed by atoms with E-state index < -0.39 is 0 Å². The summed E-state index contributed by atoms with van der Waals surface area (Å²) >= 11 is 0. The predicted molar refractivity (Wildman–Crippen MR) is 64.4 cm³/mol. The number of ether oxygens (including phenoxy) is 1. The molecule has 0 spiro atoms. The Morgan fingerprint density at radius 3 is 2.88 bits per heavy atom. The summed E-state index contributed by atoms with van der Waals surface area (Å²) in [6.07, 6.45) is 3.30. The van der Waals surface area contributed by atoms with E-state index >= 15 is 0 Å². The Morgan fingerprint density at radius 2 is 2.31 bits per heavy atom. The van der Waals surface area contributed by atoms with Crippen molar-refractivity contribution in [2.75, 3.05) is 19.7 Å². The SMILES string of the molecule is CCC(C)(C)NC(=O)COC1CCCNC1. The monoisotopic (exact) mass is 228 g/mol. The molecule has 0 radical (unpaired) electrons. The van der Waals surface area contributed by atoms with Gasteiger partial charge in [0, 0.05) is 12.1 Å². The second-order valence-corrected chi connectivity index (χ2v) is 5.06. The zero-order chi connectivity index (χ0) is 12.0. The summed E-state index contributed by atoms with van der Waals surface area (Å²) in [5.74, 6) is -0.0163. The molecule has 4 heteroatoms. The van der Waals surface area contributed by atoms with E-state index in [1.165, 1.54) is 0 Å². The molecule has 0 aromatic heterocycles. The minimum atomic E-state index is -0.134. The van der Waals surface area contributed by atoms with Crippen molar-refractivity contribution >= 4 is 5.91 Å². The van der Waals surface area contributed by atoms with Crippen molar-refractivity contribution in [1.82, 2.24) is 10.6 Å². The van der Waals surface area contributed by atoms with Crippen LogP contribution < -0.4 is 10.6 Å². The molecule has 16 heavy (non-hydrogen) atoms. The van der Waals surface area contributed by atoms with Crippen LogP contribution in [0.2, 0.25) is 0 Å². The van der Waals surface area contributed by atoms with Gasteiger partial charge in [-0.2, -0.15) is 0 Å². The van der Waals surface area contributed by atoms with Gasteiger partial charge in [0.15, 0.2) is 0 Å². The van der Waals surface area contributed by atoms with Crippen LogP contribution in [0.25, 0.3) is 0 Å². The molecule has 1 aliphatic heterocycles. The standard InChI is InChI=1S/C12H24N2O2/c1-4-12(2,3)14-11(15)9-16-10-6-5-7-13-8-10/h10,13H,4-9H2,1-3H3,(H,14,15). The van der Waals surface area contributed by atoms with Crippen LogP contribution >= 0.6 is 0 Å². The summed E-state index contributed by atoms with van der Waals surface area (Å²) in [4.78, 5) is 11.6. The first kappa shape index (κ1) is 13.5. The van der Waals surface area contributed by atoms with Gasteiger partial charge in [-0.1, -0.05) is 6.92 Å². The van der Waals surface area contributed by atoms with Crippen molar-refractivity contribution in [1.29, 1.82) is 0 Å². The minimum absolute atomic E-state index is 0.0163. The minimum Gasteiger partial charge on any atom is -0.367 e. The summed E-state index contributed by atoms with van der Waals surface area (Å²) in [6.45, 7) is 8.21. The third-order valence-corrected chi connectivity index (χ3v) is 3.06. The van der Waals surface area contributed by atoms with Crippen LogP contribution in [-0.4, -0.2) is 37.2 Å². The molecule has 94 valence electrons. The third kappa shape index (κ3) is 4.94. The average Bonchev–Trinajstić information content (AvgIpc) is 2.27. The fourth-order valence-electron chi connectivity index (χ4n) is 1.66. The molecule has 0 bridgehead atoms. The quantitative estimate of drug-likeness (QED) is 0.740. The zero-order valence-electron chi connectivity index (χ0n) is 10.6. The number of hydrogen-bond acceptors (Lipinski definition) is 3. The van der Waals surface area contributed by atoms with Crippen LogP contribution in [0.5, 0.6) is 0 Å². The fourth-order valence-corrected chi connectivity index (χ4v) is 1.66. The summed E-state index contributed by atoms with van der Waals surface area (Å²) in [5, 5.41) is 6.22. The molecule has 1 atom stereocenters. The second kappa shape index (κ2) is 6.21. The van der Waals surface area contributed by atoms with E-state index in [4.69, 9.17) is 4.74 Å². The van der Waals surface area contributed by atoms with Crippen molar-refractivity contribution in [3.8, 4) is 0 Å². The van der Waals surface area contributed by atoms with Gasteiger partial charge in [-0.3, -0.25) is 4.79 Å². The number of nitrogens with one attached hydrogen (secondary N) is 2. The smallest absolute Gasteiger partial charge is 0.246 e. The number of piperidine rings is 1. The van der Waals surface area contributed by atoms with Crippen LogP contribution in [0, 0.1) is 0 Å². The number of carbonyl (C=O) groups excluding carboxylic acids is 1. The van der Waals surface area contributed by atoms with Gasteiger partial charge in [-0.05, 0) is 39.7 Å². The van der Waals surface area contributed by atoms with E-state index in [-0.39, 0.29) is 24.2 Å². The highest BCUT2D eigenvalue weighted by Crippen LogP contribution is 2.08. The molecule has 0 aromatic carbocycles. The lowest BCUT2D eigenvalue weighted by Crippen LogP contribution is -2.45. The van der Waals surface area contributed by atoms with E-state index in [1.807, 2.05) is 13.8 Å². The summed E-state index contributed by atoms with van der Waals surface area (Å²) in [5.41, 5.74) is -0.134. The Balaban J connectivity index is 2.19. The number of rotatable bonds is 5. The van der Waals surface area contributed by atoms with E-state index in [9.17, 15) is 4.79 Å². The van der Waals surface area contributed by atoms with Crippen LogP contribution in [-0.2, 0) is 9.53 Å². The lowest BCUT2D eigenvalue weighted by Gasteiger charge is -2.26. The van der Waals surface area contributed by atoms with Gasteiger partial charge in [-0.15, -0.1) is 0 Å². The van der Waals surface area contributed by atoms with Crippen LogP contribution in [0.3, 0.4) is 0 Å². The molecular formula is C12H24N2O2. The van der Waals surface area contributed by atoms with Gasteiger partial charge in [0.2, 0.25) is 5.91 Å². The average molecular weight is 228 g/mol. The van der Waals surface area contributed by atoms with Crippen molar-refractivity contribution in [3.05, 3.63) is 0 Å². The first-order valence-corrected chi connectivity index (χ1v) is 6.17. The van der Waals surface area contributed by atoms with E-state index in [2.05, 4.69) is 17.6 Å². The predicted octanol–water partition coefficient (Wildman–Crippen LogP) is 1.06. The molecule has 4 nitrogen and oxygen atoms in total. The molecule has 0 aliphatic carbocycles. The summed E-state index contributed by atoms with van der Waals surface area (Å²) < 4.78 is 5.56. The Kier molecular flexibility index (Phi) is 5.22. The maximum absolute atomic E-state index is 11.6. The lowest BCUT2D eigenvalue weighted by atomic mass is 10.0. The molecule has 1 amide bonds. The molecular weight excluding hydrogens is 204 g/mol. The Morgan fingerprint density at radius 1 is 1.56 bits per heavy atom. The fraction of sp³-hybridized carbons (Fsp3) is 0.917. The van der Waals surface area contributed by atoms with Gasteiger partial charge in [0.1, 0.15) is 6.61 Å². The van der Waals surface area contributed by atoms with E-state index in [0.717, 1.165) is 32.4 Å². The van der Waals surface area contributed by atoms with Crippen molar-refractivity contribution in [3.63, 3.8) is 0 Å². The van der Waals surface area contributed by atoms with Crippen molar-refractivity contribution < 1.29 is 9.53 Å². The van der Waals surface area contributed by atoms with Gasteiger partial charge in [-0.25, -0.2) is 0 Å². The normalized spacial score (nSPS) is 21.8. The van der Waals surface area contributed by atoms with Gasteiger partial charge in [0.25, 0.3) is 0 Å². The van der Waals surface area contributed by atoms with Crippen LogP contribution in [0.1, 0.15) is 40.0 Å². The van der Waals surface area contributed by atoms with E-state index in [0.29, 0.717) is 0 Å². The maximum atomic E-state index is 11.6. The number of carbonyl (C=O) groups is 1. The molecule has 0 saturated carbocycles. The molecule has 1 saturated heterocycles. The number of hydrogen-bond donors (Lipinski definition) is 2. The molecule has 1 rings (SSSR count). The summed E-state index contributed by atoms with van der Waals surface area (Å²) in [7, 11) is 0. The molecule has 2 N–H and O–H groups in total. The van der Waals surface area contributed by atoms with Gasteiger partial charge < -0.3 is 15.4 Å². The highest BCUT2D eigenvalue weighted by Gasteiger charge is 2.19. The van der Waals surface area contributed by atoms with Crippen LogP contribution in [0.4, 0.5) is 0 Å². The van der Waals surface area contributed by atoms with E-state index in [1.54, 1.807) is 0 Å². The largest absolute Gasteiger partial charge is 0.367 e. The molecule has 1 heterocycles. The Bertz CT molecular complexity index is 223. The Hall–Kier alpha value is -0.610.